The van der Waals surface area contributed by atoms with Gasteiger partial charge in [-0.3, -0.25) is 0 Å². The van der Waals surface area contributed by atoms with Crippen LogP contribution >= 0.6 is 27.5 Å². The molecule has 2 rings (SSSR count). The fourth-order valence-electron chi connectivity index (χ4n) is 1.70. The van der Waals surface area contributed by atoms with Crippen molar-refractivity contribution in [2.24, 2.45) is 0 Å². The first-order valence-electron chi connectivity index (χ1n) is 5.41. The summed E-state index contributed by atoms with van der Waals surface area (Å²) in [6.45, 7) is 0. The molecule has 0 fully saturated rings. The van der Waals surface area contributed by atoms with Crippen LogP contribution in [0, 0.1) is 0 Å². The van der Waals surface area contributed by atoms with Crippen LogP contribution in [-0.2, 0) is 15.6 Å². The maximum atomic E-state index is 12.3. The second-order valence-corrected chi connectivity index (χ2v) is 7.28. The van der Waals surface area contributed by atoms with Crippen LogP contribution in [0.15, 0.2) is 51.8 Å². The molecule has 6 heteroatoms. The molecule has 100 valence electrons. The van der Waals surface area contributed by atoms with E-state index in [0.717, 1.165) is 4.47 Å². The van der Waals surface area contributed by atoms with Crippen molar-refractivity contribution < 1.29 is 8.42 Å². The first kappa shape index (κ1) is 14.4. The maximum absolute atomic E-state index is 12.3. The van der Waals surface area contributed by atoms with Gasteiger partial charge in [0.15, 0.2) is 9.84 Å². The highest BCUT2D eigenvalue weighted by molar-refractivity contribution is 9.10. The minimum Gasteiger partial charge on any atom is -0.398 e. The van der Waals surface area contributed by atoms with Gasteiger partial charge in [-0.1, -0.05) is 45.7 Å². The fraction of sp³-hybridized carbons (Fsp3) is 0.0769. The first-order valence-corrected chi connectivity index (χ1v) is 8.23. The van der Waals surface area contributed by atoms with Crippen LogP contribution in [0.3, 0.4) is 0 Å². The van der Waals surface area contributed by atoms with E-state index in [9.17, 15) is 8.42 Å². The summed E-state index contributed by atoms with van der Waals surface area (Å²) in [5.74, 6) is -0.111. The van der Waals surface area contributed by atoms with Gasteiger partial charge in [-0.25, -0.2) is 8.42 Å². The minimum absolute atomic E-state index is 0.104. The van der Waals surface area contributed by atoms with E-state index < -0.39 is 9.84 Å². The van der Waals surface area contributed by atoms with Gasteiger partial charge in [0.25, 0.3) is 0 Å². The van der Waals surface area contributed by atoms with Gasteiger partial charge in [0.1, 0.15) is 0 Å². The highest BCUT2D eigenvalue weighted by Gasteiger charge is 2.19. The second-order valence-electron chi connectivity index (χ2n) is 4.03. The molecule has 2 aromatic rings. The predicted octanol–water partition coefficient (Wildman–Crippen LogP) is 3.66. The van der Waals surface area contributed by atoms with Crippen molar-refractivity contribution in [1.82, 2.24) is 0 Å². The Morgan fingerprint density at radius 2 is 1.84 bits per heavy atom. The van der Waals surface area contributed by atoms with Crippen molar-refractivity contribution in [3.8, 4) is 0 Å². The Hall–Kier alpha value is -1.04. The lowest BCUT2D eigenvalue weighted by molar-refractivity contribution is 0.595. The Balaban J connectivity index is 2.41. The molecule has 0 aliphatic carbocycles. The first-order chi connectivity index (χ1) is 8.90. The molecule has 0 saturated carbocycles. The van der Waals surface area contributed by atoms with Crippen LogP contribution in [0.5, 0.6) is 0 Å². The number of anilines is 1. The summed E-state index contributed by atoms with van der Waals surface area (Å²) >= 11 is 9.10. The Morgan fingerprint density at radius 1 is 1.16 bits per heavy atom. The van der Waals surface area contributed by atoms with E-state index in [1.807, 2.05) is 6.07 Å². The zero-order valence-corrected chi connectivity index (χ0v) is 13.0. The highest BCUT2D eigenvalue weighted by atomic mass is 79.9. The van der Waals surface area contributed by atoms with E-state index in [4.69, 9.17) is 17.3 Å². The van der Waals surface area contributed by atoms with Gasteiger partial charge in [0.05, 0.1) is 16.3 Å². The monoisotopic (exact) mass is 359 g/mol. The number of nitrogens with two attached hydrogens (primary N) is 1. The highest BCUT2D eigenvalue weighted by Crippen LogP contribution is 2.27. The summed E-state index contributed by atoms with van der Waals surface area (Å²) in [4.78, 5) is 0.104. The van der Waals surface area contributed by atoms with Crippen LogP contribution in [0.25, 0.3) is 0 Å². The summed E-state index contributed by atoms with van der Waals surface area (Å²) in [7, 11) is -3.50. The van der Waals surface area contributed by atoms with E-state index >= 15 is 0 Å². The van der Waals surface area contributed by atoms with Gasteiger partial charge in [0.2, 0.25) is 0 Å². The molecule has 2 aromatic carbocycles. The van der Waals surface area contributed by atoms with Gasteiger partial charge in [-0.2, -0.15) is 0 Å². The normalized spacial score (nSPS) is 11.5. The van der Waals surface area contributed by atoms with Gasteiger partial charge in [-0.15, -0.1) is 0 Å². The smallest absolute Gasteiger partial charge is 0.184 e. The molecular weight excluding hydrogens is 350 g/mol. The van der Waals surface area contributed by atoms with Crippen LogP contribution in [0.4, 0.5) is 5.69 Å². The number of sulfone groups is 1. The number of hydrogen-bond acceptors (Lipinski definition) is 3. The SMILES string of the molecule is Nc1cc(Cl)ccc1S(=O)(=O)Cc1ccccc1Br. The fourth-order valence-corrected chi connectivity index (χ4v) is 4.00. The van der Waals surface area contributed by atoms with E-state index in [0.29, 0.717) is 10.6 Å². The van der Waals surface area contributed by atoms with Crippen molar-refractivity contribution in [2.75, 3.05) is 5.73 Å². The molecule has 0 unspecified atom stereocenters. The van der Waals surface area contributed by atoms with E-state index in [1.165, 1.54) is 18.2 Å². The molecule has 0 aliphatic heterocycles. The van der Waals surface area contributed by atoms with Crippen molar-refractivity contribution >= 4 is 43.1 Å². The third-order valence-electron chi connectivity index (χ3n) is 2.61. The van der Waals surface area contributed by atoms with Gasteiger partial charge in [0, 0.05) is 9.50 Å². The molecule has 0 heterocycles. The zero-order valence-electron chi connectivity index (χ0n) is 9.81. The summed E-state index contributed by atoms with van der Waals surface area (Å²) in [5.41, 5.74) is 6.58. The Labute approximate surface area is 125 Å². The second kappa shape index (κ2) is 5.53. The number of rotatable bonds is 3. The largest absolute Gasteiger partial charge is 0.398 e. The summed E-state index contributed by atoms with van der Waals surface area (Å²) in [6, 6.07) is 11.6. The van der Waals surface area contributed by atoms with Crippen LogP contribution in [0.2, 0.25) is 5.02 Å². The van der Waals surface area contributed by atoms with Crippen molar-refractivity contribution in [2.45, 2.75) is 10.6 Å². The number of nitrogen functional groups attached to an aromatic ring is 1. The third-order valence-corrected chi connectivity index (χ3v) is 5.35. The van der Waals surface area contributed by atoms with Gasteiger partial charge < -0.3 is 5.73 Å². The Bertz CT molecular complexity index is 716. The lowest BCUT2D eigenvalue weighted by Crippen LogP contribution is -2.08. The summed E-state index contributed by atoms with van der Waals surface area (Å²) in [5, 5.41) is 0.414. The average molecular weight is 361 g/mol. The van der Waals surface area contributed by atoms with Crippen LogP contribution in [-0.4, -0.2) is 8.42 Å². The topological polar surface area (TPSA) is 60.2 Å². The lowest BCUT2D eigenvalue weighted by atomic mass is 10.2. The standard InChI is InChI=1S/C13H11BrClNO2S/c14-11-4-2-1-3-9(11)8-19(17,18)13-6-5-10(15)7-12(13)16/h1-7H,8,16H2. The zero-order chi connectivity index (χ0) is 14.0. The Morgan fingerprint density at radius 3 is 2.47 bits per heavy atom. The molecule has 0 spiro atoms. The molecule has 0 aromatic heterocycles. The van der Waals surface area contributed by atoms with Crippen molar-refractivity contribution in [1.29, 1.82) is 0 Å². The van der Waals surface area contributed by atoms with Gasteiger partial charge in [-0.05, 0) is 29.8 Å². The van der Waals surface area contributed by atoms with Gasteiger partial charge >= 0.3 is 0 Å². The molecule has 3 nitrogen and oxygen atoms in total. The number of halogens is 2. The molecule has 0 saturated heterocycles. The molecule has 0 bridgehead atoms. The number of benzene rings is 2. The average Bonchev–Trinajstić information content (AvgIpc) is 2.31. The summed E-state index contributed by atoms with van der Waals surface area (Å²) in [6.07, 6.45) is 0. The molecule has 0 amide bonds. The van der Waals surface area contributed by atoms with E-state index in [1.54, 1.807) is 18.2 Å². The maximum Gasteiger partial charge on any atom is 0.184 e. The predicted molar refractivity (Wildman–Crippen MR) is 80.9 cm³/mol. The summed E-state index contributed by atoms with van der Waals surface area (Å²) < 4.78 is 25.4. The number of hydrogen-bond donors (Lipinski definition) is 1. The Kier molecular flexibility index (Phi) is 4.18. The third kappa shape index (κ3) is 3.29. The van der Waals surface area contributed by atoms with Crippen molar-refractivity contribution in [3.05, 3.63) is 57.5 Å². The van der Waals surface area contributed by atoms with E-state index in [2.05, 4.69) is 15.9 Å². The molecule has 0 atom stereocenters. The molecular formula is C13H11BrClNO2S. The molecule has 19 heavy (non-hydrogen) atoms. The minimum atomic E-state index is -3.50. The molecule has 0 radical (unpaired) electrons. The quantitative estimate of drug-likeness (QED) is 0.850. The molecule has 0 aliphatic rings. The van der Waals surface area contributed by atoms with E-state index in [-0.39, 0.29) is 16.3 Å². The molecule has 2 N–H and O–H groups in total. The van der Waals surface area contributed by atoms with Crippen LogP contribution in [0.1, 0.15) is 5.56 Å². The van der Waals surface area contributed by atoms with Crippen LogP contribution < -0.4 is 5.73 Å². The van der Waals surface area contributed by atoms with Crippen molar-refractivity contribution in [3.63, 3.8) is 0 Å². The lowest BCUT2D eigenvalue weighted by Gasteiger charge is -2.09.